The van der Waals surface area contributed by atoms with Crippen LogP contribution in [0, 0.1) is 0 Å². The Morgan fingerprint density at radius 3 is 2.88 bits per heavy atom. The van der Waals surface area contributed by atoms with Gasteiger partial charge in [0.15, 0.2) is 0 Å². The minimum Gasteiger partial charge on any atom is -0.506 e. The minimum atomic E-state index is 0.255. The molecular formula is C12H16N4O. The number of aromatic hydroxyl groups is 1. The molecule has 1 fully saturated rings. The number of rotatable bonds is 1. The molecule has 5 nitrogen and oxygen atoms in total. The zero-order chi connectivity index (χ0) is 11.8. The lowest BCUT2D eigenvalue weighted by Crippen LogP contribution is -2.29. The summed E-state index contributed by atoms with van der Waals surface area (Å²) in [4.78, 5) is 4.31. The van der Waals surface area contributed by atoms with Gasteiger partial charge in [-0.3, -0.25) is 0 Å². The highest BCUT2D eigenvalue weighted by atomic mass is 16.3. The van der Waals surface area contributed by atoms with Gasteiger partial charge in [0.05, 0.1) is 5.52 Å². The SMILES string of the molecule is Nc1nc2cccc(O)c2n1C1CCNCC1. The van der Waals surface area contributed by atoms with Gasteiger partial charge in [0, 0.05) is 6.04 Å². The Morgan fingerprint density at radius 1 is 1.35 bits per heavy atom. The monoisotopic (exact) mass is 232 g/mol. The highest BCUT2D eigenvalue weighted by molar-refractivity contribution is 5.84. The van der Waals surface area contributed by atoms with Crippen molar-refractivity contribution in [3.05, 3.63) is 18.2 Å². The molecule has 0 radical (unpaired) electrons. The predicted octanol–water partition coefficient (Wildman–Crippen LogP) is 1.25. The van der Waals surface area contributed by atoms with Gasteiger partial charge in [-0.25, -0.2) is 4.98 Å². The summed E-state index contributed by atoms with van der Waals surface area (Å²) in [6, 6.07) is 5.68. The first-order valence-corrected chi connectivity index (χ1v) is 5.93. The Labute approximate surface area is 99.3 Å². The summed E-state index contributed by atoms with van der Waals surface area (Å²) in [6.07, 6.45) is 2.04. The number of nitrogens with one attached hydrogen (secondary N) is 1. The average molecular weight is 232 g/mol. The number of phenols is 1. The number of nitrogens with zero attached hydrogens (tertiary/aromatic N) is 2. The first-order valence-electron chi connectivity index (χ1n) is 5.93. The van der Waals surface area contributed by atoms with E-state index in [1.807, 2.05) is 10.6 Å². The van der Waals surface area contributed by atoms with E-state index in [9.17, 15) is 5.11 Å². The molecule has 0 bridgehead atoms. The smallest absolute Gasteiger partial charge is 0.201 e. The maximum absolute atomic E-state index is 9.96. The summed E-state index contributed by atoms with van der Waals surface area (Å²) >= 11 is 0. The quantitative estimate of drug-likeness (QED) is 0.691. The van der Waals surface area contributed by atoms with Gasteiger partial charge in [-0.1, -0.05) is 6.07 Å². The number of hydrogen-bond donors (Lipinski definition) is 3. The second-order valence-corrected chi connectivity index (χ2v) is 4.47. The van der Waals surface area contributed by atoms with E-state index in [1.165, 1.54) is 0 Å². The summed E-state index contributed by atoms with van der Waals surface area (Å²) in [6.45, 7) is 1.97. The number of nitrogens with two attached hydrogens (primary N) is 1. The molecule has 90 valence electrons. The third kappa shape index (κ3) is 1.63. The van der Waals surface area contributed by atoms with Crippen LogP contribution in [-0.4, -0.2) is 27.7 Å². The number of fused-ring (bicyclic) bond motifs is 1. The lowest BCUT2D eigenvalue weighted by Gasteiger charge is -2.25. The van der Waals surface area contributed by atoms with Crippen molar-refractivity contribution >= 4 is 17.0 Å². The molecule has 0 atom stereocenters. The Kier molecular flexibility index (Phi) is 2.40. The van der Waals surface area contributed by atoms with Crippen LogP contribution in [0.25, 0.3) is 11.0 Å². The Morgan fingerprint density at radius 2 is 2.12 bits per heavy atom. The zero-order valence-corrected chi connectivity index (χ0v) is 9.56. The topological polar surface area (TPSA) is 76.1 Å². The van der Waals surface area contributed by atoms with E-state index < -0.39 is 0 Å². The lowest BCUT2D eigenvalue weighted by atomic mass is 10.1. The summed E-state index contributed by atoms with van der Waals surface area (Å²) in [5.74, 6) is 0.749. The first-order chi connectivity index (χ1) is 8.27. The molecule has 2 aromatic rings. The third-order valence-corrected chi connectivity index (χ3v) is 3.39. The first kappa shape index (κ1) is 10.4. The van der Waals surface area contributed by atoms with Crippen LogP contribution in [0.2, 0.25) is 0 Å². The van der Waals surface area contributed by atoms with Crippen molar-refractivity contribution in [1.82, 2.24) is 14.9 Å². The number of para-hydroxylation sites is 1. The largest absolute Gasteiger partial charge is 0.506 e. The van der Waals surface area contributed by atoms with Crippen molar-refractivity contribution in [2.75, 3.05) is 18.8 Å². The van der Waals surface area contributed by atoms with Crippen LogP contribution in [0.15, 0.2) is 18.2 Å². The molecule has 0 spiro atoms. The number of aromatic nitrogens is 2. The molecule has 1 aliphatic heterocycles. The number of hydrogen-bond acceptors (Lipinski definition) is 4. The van der Waals surface area contributed by atoms with Crippen LogP contribution >= 0.6 is 0 Å². The summed E-state index contributed by atoms with van der Waals surface area (Å²) < 4.78 is 1.98. The number of anilines is 1. The molecule has 1 aromatic carbocycles. The number of benzene rings is 1. The molecule has 3 rings (SSSR count). The van der Waals surface area contributed by atoms with Gasteiger partial charge < -0.3 is 20.7 Å². The lowest BCUT2D eigenvalue weighted by molar-refractivity contribution is 0.375. The van der Waals surface area contributed by atoms with Gasteiger partial charge in [0.1, 0.15) is 11.3 Å². The van der Waals surface area contributed by atoms with Gasteiger partial charge in [0.2, 0.25) is 5.95 Å². The van der Waals surface area contributed by atoms with Gasteiger partial charge >= 0.3 is 0 Å². The Bertz CT molecular complexity index is 543. The maximum Gasteiger partial charge on any atom is 0.201 e. The minimum absolute atomic E-state index is 0.255. The molecule has 1 saturated heterocycles. The fourth-order valence-corrected chi connectivity index (χ4v) is 2.58. The van der Waals surface area contributed by atoms with Crippen LogP contribution in [0.5, 0.6) is 5.75 Å². The van der Waals surface area contributed by atoms with Crippen LogP contribution < -0.4 is 11.1 Å². The van der Waals surface area contributed by atoms with Crippen molar-refractivity contribution in [3.63, 3.8) is 0 Å². The Hall–Kier alpha value is -1.75. The summed E-state index contributed by atoms with van der Waals surface area (Å²) in [5.41, 5.74) is 7.50. The molecule has 0 unspecified atom stereocenters. The molecule has 4 N–H and O–H groups in total. The highest BCUT2D eigenvalue weighted by Gasteiger charge is 2.21. The standard InChI is InChI=1S/C12H16N4O/c13-12-15-9-2-1-3-10(17)11(9)16(12)8-4-6-14-7-5-8/h1-3,8,14,17H,4-7H2,(H2,13,15). The van der Waals surface area contributed by atoms with Gasteiger partial charge in [-0.15, -0.1) is 0 Å². The van der Waals surface area contributed by atoms with E-state index in [0.29, 0.717) is 12.0 Å². The van der Waals surface area contributed by atoms with Crippen molar-refractivity contribution in [1.29, 1.82) is 0 Å². The Balaban J connectivity index is 2.16. The highest BCUT2D eigenvalue weighted by Crippen LogP contribution is 2.32. The molecule has 1 aliphatic rings. The number of phenolic OH excluding ortho intramolecular Hbond substituents is 1. The zero-order valence-electron chi connectivity index (χ0n) is 9.56. The van der Waals surface area contributed by atoms with Crippen molar-refractivity contribution in [2.45, 2.75) is 18.9 Å². The third-order valence-electron chi connectivity index (χ3n) is 3.39. The van der Waals surface area contributed by atoms with Crippen molar-refractivity contribution in [2.24, 2.45) is 0 Å². The summed E-state index contributed by atoms with van der Waals surface area (Å²) in [5, 5.41) is 13.3. The molecule has 5 heteroatoms. The van der Waals surface area contributed by atoms with E-state index in [1.54, 1.807) is 12.1 Å². The van der Waals surface area contributed by atoms with E-state index in [4.69, 9.17) is 5.73 Å². The van der Waals surface area contributed by atoms with Crippen LogP contribution in [0.4, 0.5) is 5.95 Å². The molecular weight excluding hydrogens is 216 g/mol. The molecule has 17 heavy (non-hydrogen) atoms. The second-order valence-electron chi connectivity index (χ2n) is 4.47. The fourth-order valence-electron chi connectivity index (χ4n) is 2.58. The average Bonchev–Trinajstić information content (AvgIpc) is 2.68. The van der Waals surface area contributed by atoms with Crippen molar-refractivity contribution in [3.8, 4) is 5.75 Å². The fraction of sp³-hybridized carbons (Fsp3) is 0.417. The normalized spacial score (nSPS) is 17.6. The maximum atomic E-state index is 9.96. The van der Waals surface area contributed by atoms with E-state index >= 15 is 0 Å². The number of imidazole rings is 1. The molecule has 0 amide bonds. The van der Waals surface area contributed by atoms with E-state index in [2.05, 4.69) is 10.3 Å². The molecule has 2 heterocycles. The predicted molar refractivity (Wildman–Crippen MR) is 67.0 cm³/mol. The van der Waals surface area contributed by atoms with Gasteiger partial charge in [0.25, 0.3) is 0 Å². The number of nitrogen functional groups attached to an aromatic ring is 1. The second kappa shape index (κ2) is 3.92. The van der Waals surface area contributed by atoms with E-state index in [-0.39, 0.29) is 5.75 Å². The van der Waals surface area contributed by atoms with E-state index in [0.717, 1.165) is 37.0 Å². The van der Waals surface area contributed by atoms with Gasteiger partial charge in [-0.2, -0.15) is 0 Å². The van der Waals surface area contributed by atoms with Crippen LogP contribution in [0.3, 0.4) is 0 Å². The molecule has 0 aliphatic carbocycles. The molecule has 0 saturated carbocycles. The molecule has 1 aromatic heterocycles. The number of piperidine rings is 1. The van der Waals surface area contributed by atoms with Gasteiger partial charge in [-0.05, 0) is 38.1 Å². The van der Waals surface area contributed by atoms with Crippen molar-refractivity contribution < 1.29 is 5.11 Å². The summed E-state index contributed by atoms with van der Waals surface area (Å²) in [7, 11) is 0. The van der Waals surface area contributed by atoms with Crippen LogP contribution in [-0.2, 0) is 0 Å². The van der Waals surface area contributed by atoms with Crippen LogP contribution in [0.1, 0.15) is 18.9 Å².